The monoisotopic (exact) mass is 475 g/mol. The fourth-order valence-corrected chi connectivity index (χ4v) is 4.98. The van der Waals surface area contributed by atoms with Crippen molar-refractivity contribution in [1.29, 1.82) is 0 Å². The van der Waals surface area contributed by atoms with Crippen molar-refractivity contribution in [1.82, 2.24) is 9.62 Å². The first-order chi connectivity index (χ1) is 15.6. The van der Waals surface area contributed by atoms with Gasteiger partial charge in [0.15, 0.2) is 0 Å². The Labute approximate surface area is 194 Å². The topological polar surface area (TPSA) is 114 Å². The summed E-state index contributed by atoms with van der Waals surface area (Å²) in [6.07, 6.45) is 0. The van der Waals surface area contributed by atoms with E-state index in [1.165, 1.54) is 25.3 Å². The third kappa shape index (κ3) is 5.70. The van der Waals surface area contributed by atoms with Crippen molar-refractivity contribution in [3.05, 3.63) is 53.1 Å². The van der Waals surface area contributed by atoms with Crippen LogP contribution in [0.15, 0.2) is 41.3 Å². The number of rotatable bonds is 7. The Hall–Kier alpha value is -2.95. The highest BCUT2D eigenvalue weighted by molar-refractivity contribution is 7.89. The van der Waals surface area contributed by atoms with Gasteiger partial charge in [-0.1, -0.05) is 6.07 Å². The first-order valence-electron chi connectivity index (χ1n) is 10.6. The third-order valence-corrected chi connectivity index (χ3v) is 6.90. The summed E-state index contributed by atoms with van der Waals surface area (Å²) in [5, 5.41) is 2.79. The SMILES string of the molecule is COc1ccc(C(=O)Nc2cccc(C(=O)N3CCOCC3)c2C)cc1S(=O)(=O)NC(C)C. The zero-order chi connectivity index (χ0) is 24.2. The molecule has 1 fully saturated rings. The molecule has 3 rings (SSSR count). The second-order valence-electron chi connectivity index (χ2n) is 7.98. The Morgan fingerprint density at radius 1 is 1.12 bits per heavy atom. The predicted octanol–water partition coefficient (Wildman–Crippen LogP) is 2.42. The fourth-order valence-electron chi connectivity index (χ4n) is 3.54. The van der Waals surface area contributed by atoms with Crippen LogP contribution in [0.1, 0.15) is 40.1 Å². The number of methoxy groups -OCH3 is 1. The molecule has 0 saturated carbocycles. The molecule has 178 valence electrons. The largest absolute Gasteiger partial charge is 0.495 e. The number of morpholine rings is 1. The molecule has 0 radical (unpaired) electrons. The van der Waals surface area contributed by atoms with Crippen LogP contribution in [0.25, 0.3) is 0 Å². The lowest BCUT2D eigenvalue weighted by Crippen LogP contribution is -2.41. The van der Waals surface area contributed by atoms with Crippen molar-refractivity contribution in [3.63, 3.8) is 0 Å². The molecule has 0 aliphatic carbocycles. The van der Waals surface area contributed by atoms with Gasteiger partial charge in [0.25, 0.3) is 11.8 Å². The maximum absolute atomic E-state index is 13.0. The van der Waals surface area contributed by atoms with E-state index < -0.39 is 15.9 Å². The smallest absolute Gasteiger partial charge is 0.255 e. The minimum Gasteiger partial charge on any atom is -0.495 e. The van der Waals surface area contributed by atoms with E-state index in [-0.39, 0.29) is 28.2 Å². The van der Waals surface area contributed by atoms with Gasteiger partial charge in [0.05, 0.1) is 20.3 Å². The second kappa shape index (κ2) is 10.3. The van der Waals surface area contributed by atoms with E-state index in [0.29, 0.717) is 43.1 Å². The van der Waals surface area contributed by atoms with Gasteiger partial charge in [-0.05, 0) is 56.7 Å². The van der Waals surface area contributed by atoms with Crippen molar-refractivity contribution < 1.29 is 27.5 Å². The number of benzene rings is 2. The lowest BCUT2D eigenvalue weighted by atomic mass is 10.0. The van der Waals surface area contributed by atoms with Gasteiger partial charge in [-0.3, -0.25) is 9.59 Å². The van der Waals surface area contributed by atoms with Crippen molar-refractivity contribution >= 4 is 27.5 Å². The molecule has 1 heterocycles. The summed E-state index contributed by atoms with van der Waals surface area (Å²) in [6, 6.07) is 8.99. The van der Waals surface area contributed by atoms with Crippen molar-refractivity contribution in [2.75, 3.05) is 38.7 Å². The fraction of sp³-hybridized carbons (Fsp3) is 0.391. The van der Waals surface area contributed by atoms with Crippen LogP contribution in [-0.4, -0.2) is 64.6 Å². The maximum atomic E-state index is 13.0. The Kier molecular flexibility index (Phi) is 7.72. The molecule has 2 N–H and O–H groups in total. The minimum atomic E-state index is -3.89. The van der Waals surface area contributed by atoms with Crippen LogP contribution in [0, 0.1) is 6.92 Å². The van der Waals surface area contributed by atoms with Crippen molar-refractivity contribution in [2.24, 2.45) is 0 Å². The average Bonchev–Trinajstić information content (AvgIpc) is 2.79. The second-order valence-corrected chi connectivity index (χ2v) is 9.66. The lowest BCUT2D eigenvalue weighted by Gasteiger charge is -2.27. The molecule has 0 aromatic heterocycles. The summed E-state index contributed by atoms with van der Waals surface area (Å²) in [6.45, 7) is 7.19. The normalized spacial score (nSPS) is 14.3. The lowest BCUT2D eigenvalue weighted by molar-refractivity contribution is 0.0302. The summed E-state index contributed by atoms with van der Waals surface area (Å²) >= 11 is 0. The highest BCUT2D eigenvalue weighted by atomic mass is 32.2. The molecule has 2 aromatic rings. The van der Waals surface area contributed by atoms with E-state index in [0.717, 1.165) is 0 Å². The highest BCUT2D eigenvalue weighted by Crippen LogP contribution is 2.27. The zero-order valence-corrected chi connectivity index (χ0v) is 20.0. The summed E-state index contributed by atoms with van der Waals surface area (Å²) in [5.74, 6) is -0.490. The van der Waals surface area contributed by atoms with Crippen LogP contribution in [0.2, 0.25) is 0 Å². The van der Waals surface area contributed by atoms with Crippen LogP contribution in [0.4, 0.5) is 5.69 Å². The Balaban J connectivity index is 1.87. The molecule has 10 heteroatoms. The molecule has 1 aliphatic rings. The number of ether oxygens (including phenoxy) is 2. The summed E-state index contributed by atoms with van der Waals surface area (Å²) < 4.78 is 38.4. The molecule has 0 spiro atoms. The zero-order valence-electron chi connectivity index (χ0n) is 19.2. The molecule has 1 aliphatic heterocycles. The number of carbonyl (C=O) groups is 2. The standard InChI is InChI=1S/C23H29N3O6S/c1-15(2)25-33(29,30)21-14-17(8-9-20(21)31-4)22(27)24-19-7-5-6-18(16(19)3)23(28)26-10-12-32-13-11-26/h5-9,14-15,25H,10-13H2,1-4H3,(H,24,27). The maximum Gasteiger partial charge on any atom is 0.255 e. The molecule has 0 bridgehead atoms. The number of nitrogens with one attached hydrogen (secondary N) is 2. The predicted molar refractivity (Wildman–Crippen MR) is 124 cm³/mol. The first kappa shape index (κ1) is 24.7. The molecule has 2 amide bonds. The van der Waals surface area contributed by atoms with Crippen LogP contribution < -0.4 is 14.8 Å². The molecule has 9 nitrogen and oxygen atoms in total. The van der Waals surface area contributed by atoms with Crippen molar-refractivity contribution in [3.8, 4) is 5.75 Å². The number of nitrogens with zero attached hydrogens (tertiary/aromatic N) is 1. The average molecular weight is 476 g/mol. The summed E-state index contributed by atoms with van der Waals surface area (Å²) in [7, 11) is -2.52. The van der Waals surface area contributed by atoms with Gasteiger partial charge >= 0.3 is 0 Å². The summed E-state index contributed by atoms with van der Waals surface area (Å²) in [5.41, 5.74) is 1.74. The Morgan fingerprint density at radius 2 is 1.82 bits per heavy atom. The van der Waals surface area contributed by atoms with E-state index in [1.807, 2.05) is 0 Å². The van der Waals surface area contributed by atoms with E-state index >= 15 is 0 Å². The van der Waals surface area contributed by atoms with Gasteiger partial charge in [0, 0.05) is 35.9 Å². The number of hydrogen-bond donors (Lipinski definition) is 2. The van der Waals surface area contributed by atoms with Crippen LogP contribution in [0.3, 0.4) is 0 Å². The Bertz CT molecular complexity index is 1140. The quantitative estimate of drug-likeness (QED) is 0.636. The summed E-state index contributed by atoms with van der Waals surface area (Å²) in [4.78, 5) is 27.5. The van der Waals surface area contributed by atoms with Gasteiger partial charge in [-0.15, -0.1) is 0 Å². The van der Waals surface area contributed by atoms with E-state index in [4.69, 9.17) is 9.47 Å². The number of anilines is 1. The van der Waals surface area contributed by atoms with E-state index in [2.05, 4.69) is 10.0 Å². The molecular formula is C23H29N3O6S. The van der Waals surface area contributed by atoms with Crippen LogP contribution in [-0.2, 0) is 14.8 Å². The number of sulfonamides is 1. The third-order valence-electron chi connectivity index (χ3n) is 5.22. The number of carbonyl (C=O) groups excluding carboxylic acids is 2. The minimum absolute atomic E-state index is 0.121. The van der Waals surface area contributed by atoms with E-state index in [1.54, 1.807) is 43.9 Å². The number of amides is 2. The van der Waals surface area contributed by atoms with Gasteiger partial charge < -0.3 is 19.7 Å². The van der Waals surface area contributed by atoms with Gasteiger partial charge in [0.1, 0.15) is 10.6 Å². The molecule has 2 aromatic carbocycles. The van der Waals surface area contributed by atoms with Crippen molar-refractivity contribution in [2.45, 2.75) is 31.7 Å². The molecule has 0 unspecified atom stereocenters. The van der Waals surface area contributed by atoms with E-state index in [9.17, 15) is 18.0 Å². The van der Waals surface area contributed by atoms with Crippen LogP contribution in [0.5, 0.6) is 5.75 Å². The first-order valence-corrected chi connectivity index (χ1v) is 12.1. The molecule has 1 saturated heterocycles. The van der Waals surface area contributed by atoms with Crippen LogP contribution >= 0.6 is 0 Å². The van der Waals surface area contributed by atoms with Gasteiger partial charge in [0.2, 0.25) is 10.0 Å². The number of hydrogen-bond acceptors (Lipinski definition) is 6. The van der Waals surface area contributed by atoms with Gasteiger partial charge in [-0.2, -0.15) is 0 Å². The highest BCUT2D eigenvalue weighted by Gasteiger charge is 2.24. The molecular weight excluding hydrogens is 446 g/mol. The molecule has 33 heavy (non-hydrogen) atoms. The van der Waals surface area contributed by atoms with Gasteiger partial charge in [-0.25, -0.2) is 13.1 Å². The molecule has 0 atom stereocenters. The Morgan fingerprint density at radius 3 is 2.45 bits per heavy atom.